The zero-order valence-electron chi connectivity index (χ0n) is 10.1. The second kappa shape index (κ2) is 7.11. The van der Waals surface area contributed by atoms with E-state index >= 15 is 0 Å². The first-order valence-corrected chi connectivity index (χ1v) is 6.62. The van der Waals surface area contributed by atoms with Gasteiger partial charge in [0.05, 0.1) is 0 Å². The van der Waals surface area contributed by atoms with Crippen LogP contribution in [0.15, 0.2) is 22.8 Å². The van der Waals surface area contributed by atoms with Gasteiger partial charge in [0.25, 0.3) is 0 Å². The lowest BCUT2D eigenvalue weighted by atomic mass is 9.84. The van der Waals surface area contributed by atoms with Crippen molar-refractivity contribution in [1.29, 1.82) is 0 Å². The van der Waals surface area contributed by atoms with Crippen LogP contribution in [0.3, 0.4) is 0 Å². The summed E-state index contributed by atoms with van der Waals surface area (Å²) in [7, 11) is 0. The summed E-state index contributed by atoms with van der Waals surface area (Å²) in [5.74, 6) is 0.939. The Morgan fingerprint density at radius 1 is 1.20 bits per heavy atom. The Hall–Kier alpha value is -0.230. The summed E-state index contributed by atoms with van der Waals surface area (Å²) in [6.45, 7) is 4.18. The lowest BCUT2D eigenvalue weighted by Gasteiger charge is -2.22. The van der Waals surface area contributed by atoms with Crippen LogP contribution in [0.2, 0.25) is 0 Å². The molecule has 0 aromatic carbocycles. The maximum atomic E-state index is 5.84. The van der Waals surface area contributed by atoms with Crippen LogP contribution in [0.5, 0.6) is 0 Å². The average Bonchev–Trinajstić information content (AvgIpc) is 2.25. The van der Waals surface area contributed by atoms with E-state index in [1.807, 2.05) is 13.0 Å². The van der Waals surface area contributed by atoms with Gasteiger partial charge in [0.1, 0.15) is 0 Å². The Morgan fingerprint density at radius 2 is 1.87 bits per heavy atom. The molecule has 1 saturated carbocycles. The third-order valence-corrected chi connectivity index (χ3v) is 3.40. The van der Waals surface area contributed by atoms with Crippen LogP contribution in [0.1, 0.15) is 58.8 Å². The van der Waals surface area contributed by atoms with Crippen LogP contribution in [0, 0.1) is 5.92 Å². The van der Waals surface area contributed by atoms with Crippen molar-refractivity contribution in [1.82, 2.24) is 0 Å². The molecule has 0 saturated heterocycles. The number of halogens is 1. The second-order valence-corrected chi connectivity index (χ2v) is 5.24. The summed E-state index contributed by atoms with van der Waals surface area (Å²) >= 11 is 5.84. The largest absolute Gasteiger partial charge is 0.0895 e. The van der Waals surface area contributed by atoms with Gasteiger partial charge in [0.2, 0.25) is 0 Å². The lowest BCUT2D eigenvalue weighted by molar-refractivity contribution is 0.354. The van der Waals surface area contributed by atoms with E-state index in [-0.39, 0.29) is 0 Å². The Bertz CT molecular complexity index is 228. The minimum atomic E-state index is 0.879. The highest BCUT2D eigenvalue weighted by Gasteiger charge is 2.13. The quantitative estimate of drug-likeness (QED) is 0.561. The van der Waals surface area contributed by atoms with E-state index in [4.69, 9.17) is 11.6 Å². The smallest absolute Gasteiger partial charge is 0.0149 e. The van der Waals surface area contributed by atoms with Crippen LogP contribution in [-0.2, 0) is 0 Å². The standard InChI is InChI=1S/C14H23Cl/c1-3-13(10-9-12(2)15)11-14-7-5-4-6-8-14/h9-10,14H,3-8,11H2,1-2H3/b12-9+,13-10+. The molecule has 1 fully saturated rings. The van der Waals surface area contributed by atoms with E-state index in [0.717, 1.165) is 17.4 Å². The summed E-state index contributed by atoms with van der Waals surface area (Å²) in [4.78, 5) is 0. The molecule has 1 aliphatic carbocycles. The maximum Gasteiger partial charge on any atom is 0.0149 e. The van der Waals surface area contributed by atoms with E-state index in [1.54, 1.807) is 5.57 Å². The summed E-state index contributed by atoms with van der Waals surface area (Å²) in [5.41, 5.74) is 1.56. The zero-order valence-corrected chi connectivity index (χ0v) is 10.8. The third-order valence-electron chi connectivity index (χ3n) is 3.28. The van der Waals surface area contributed by atoms with Gasteiger partial charge in [0.15, 0.2) is 0 Å². The van der Waals surface area contributed by atoms with Gasteiger partial charge in [0, 0.05) is 5.03 Å². The summed E-state index contributed by atoms with van der Waals surface area (Å²) < 4.78 is 0. The molecule has 1 rings (SSSR count). The molecule has 0 N–H and O–H groups in total. The Morgan fingerprint density at radius 3 is 2.40 bits per heavy atom. The monoisotopic (exact) mass is 226 g/mol. The molecular formula is C14H23Cl. The fourth-order valence-electron chi connectivity index (χ4n) is 2.32. The molecule has 0 bridgehead atoms. The van der Waals surface area contributed by atoms with Crippen molar-refractivity contribution in [2.24, 2.45) is 5.92 Å². The Labute approximate surface area is 99.4 Å². The highest BCUT2D eigenvalue weighted by Crippen LogP contribution is 2.29. The normalized spacial score (nSPS) is 20.7. The third kappa shape index (κ3) is 5.41. The van der Waals surface area contributed by atoms with Crippen molar-refractivity contribution in [3.63, 3.8) is 0 Å². The topological polar surface area (TPSA) is 0 Å². The van der Waals surface area contributed by atoms with E-state index in [1.165, 1.54) is 38.5 Å². The molecule has 0 spiro atoms. The summed E-state index contributed by atoms with van der Waals surface area (Å²) in [6.07, 6.45) is 13.9. The minimum Gasteiger partial charge on any atom is -0.0895 e. The first-order valence-electron chi connectivity index (χ1n) is 6.24. The van der Waals surface area contributed by atoms with Crippen molar-refractivity contribution >= 4 is 11.6 Å². The predicted molar refractivity (Wildman–Crippen MR) is 69.2 cm³/mol. The maximum absolute atomic E-state index is 5.84. The molecule has 1 heteroatoms. The molecule has 0 heterocycles. The van der Waals surface area contributed by atoms with Crippen molar-refractivity contribution in [3.8, 4) is 0 Å². The van der Waals surface area contributed by atoms with Crippen molar-refractivity contribution in [2.45, 2.75) is 58.8 Å². The predicted octanol–water partition coefficient (Wildman–Crippen LogP) is 5.44. The molecule has 0 nitrogen and oxygen atoms in total. The van der Waals surface area contributed by atoms with E-state index in [0.29, 0.717) is 0 Å². The summed E-state index contributed by atoms with van der Waals surface area (Å²) in [6, 6.07) is 0. The van der Waals surface area contributed by atoms with Gasteiger partial charge in [-0.3, -0.25) is 0 Å². The van der Waals surface area contributed by atoms with Gasteiger partial charge >= 0.3 is 0 Å². The van der Waals surface area contributed by atoms with Crippen molar-refractivity contribution in [2.75, 3.05) is 0 Å². The van der Waals surface area contributed by atoms with Crippen molar-refractivity contribution in [3.05, 3.63) is 22.8 Å². The SMILES string of the molecule is CC/C(=C\C=C(/C)Cl)CC1CCCCC1. The number of rotatable bonds is 4. The zero-order chi connectivity index (χ0) is 11.1. The lowest BCUT2D eigenvalue weighted by Crippen LogP contribution is -2.06. The van der Waals surface area contributed by atoms with Gasteiger partial charge in [-0.15, -0.1) is 0 Å². The molecule has 0 aromatic rings. The van der Waals surface area contributed by atoms with E-state index in [2.05, 4.69) is 13.0 Å². The van der Waals surface area contributed by atoms with E-state index in [9.17, 15) is 0 Å². The van der Waals surface area contributed by atoms with E-state index < -0.39 is 0 Å². The van der Waals surface area contributed by atoms with Crippen LogP contribution in [0.25, 0.3) is 0 Å². The first-order chi connectivity index (χ1) is 7.22. The molecule has 0 atom stereocenters. The Kier molecular flexibility index (Phi) is 6.09. The van der Waals surface area contributed by atoms with Gasteiger partial charge < -0.3 is 0 Å². The molecule has 0 amide bonds. The van der Waals surface area contributed by atoms with Gasteiger partial charge in [-0.2, -0.15) is 0 Å². The molecule has 86 valence electrons. The molecule has 0 radical (unpaired) electrons. The molecular weight excluding hydrogens is 204 g/mol. The molecule has 0 aliphatic heterocycles. The minimum absolute atomic E-state index is 0.879. The molecule has 15 heavy (non-hydrogen) atoms. The van der Waals surface area contributed by atoms with Crippen LogP contribution >= 0.6 is 11.6 Å². The second-order valence-electron chi connectivity index (χ2n) is 4.64. The number of allylic oxidation sites excluding steroid dienone is 4. The molecule has 0 aromatic heterocycles. The molecule has 0 unspecified atom stereocenters. The number of hydrogen-bond donors (Lipinski definition) is 0. The van der Waals surface area contributed by atoms with Crippen LogP contribution in [-0.4, -0.2) is 0 Å². The van der Waals surface area contributed by atoms with Gasteiger partial charge in [-0.1, -0.05) is 62.3 Å². The van der Waals surface area contributed by atoms with Crippen LogP contribution in [0.4, 0.5) is 0 Å². The number of hydrogen-bond acceptors (Lipinski definition) is 0. The highest BCUT2D eigenvalue weighted by atomic mass is 35.5. The van der Waals surface area contributed by atoms with Crippen molar-refractivity contribution < 1.29 is 0 Å². The first kappa shape index (κ1) is 12.8. The molecule has 1 aliphatic rings. The Balaban J connectivity index is 2.44. The fraction of sp³-hybridized carbons (Fsp3) is 0.714. The van der Waals surface area contributed by atoms with Gasteiger partial charge in [-0.05, 0) is 31.8 Å². The summed E-state index contributed by atoms with van der Waals surface area (Å²) in [5, 5.41) is 0.879. The van der Waals surface area contributed by atoms with Crippen LogP contribution < -0.4 is 0 Å². The van der Waals surface area contributed by atoms with Gasteiger partial charge in [-0.25, -0.2) is 0 Å². The average molecular weight is 227 g/mol. The highest BCUT2D eigenvalue weighted by molar-refractivity contribution is 6.29. The fourth-order valence-corrected chi connectivity index (χ4v) is 2.39.